The van der Waals surface area contributed by atoms with E-state index in [4.69, 9.17) is 4.74 Å². The molecule has 0 saturated carbocycles. The summed E-state index contributed by atoms with van der Waals surface area (Å²) in [5, 5.41) is 17.2. The van der Waals surface area contributed by atoms with Crippen LogP contribution in [0.3, 0.4) is 0 Å². The summed E-state index contributed by atoms with van der Waals surface area (Å²) in [5.41, 5.74) is 2.43. The van der Waals surface area contributed by atoms with Gasteiger partial charge in [0.25, 0.3) is 0 Å². The van der Waals surface area contributed by atoms with Gasteiger partial charge < -0.3 is 15.4 Å². The van der Waals surface area contributed by atoms with E-state index >= 15 is 0 Å². The van der Waals surface area contributed by atoms with Gasteiger partial charge in [0.2, 0.25) is 5.91 Å². The van der Waals surface area contributed by atoms with E-state index in [0.29, 0.717) is 6.54 Å². The second-order valence-electron chi connectivity index (χ2n) is 6.08. The molecule has 2 aromatic rings. The molecule has 0 aromatic heterocycles. The standard InChI is InChI=1S/C19H21N3O4.ClH/c23-19(10-12-26-18-8-4-3-7-17(18)22(24)25)21-13-16-15-6-2-1-5-14(15)9-11-20-16;/h1-8,16,20H,9-13H2,(H,21,23);1H. The molecule has 7 nitrogen and oxygen atoms in total. The van der Waals surface area contributed by atoms with Crippen molar-refractivity contribution < 1.29 is 14.5 Å². The van der Waals surface area contributed by atoms with Gasteiger partial charge in [-0.3, -0.25) is 14.9 Å². The Labute approximate surface area is 163 Å². The molecule has 1 unspecified atom stereocenters. The number of benzene rings is 2. The average molecular weight is 392 g/mol. The predicted molar refractivity (Wildman–Crippen MR) is 104 cm³/mol. The molecule has 1 atom stereocenters. The third-order valence-electron chi connectivity index (χ3n) is 4.37. The lowest BCUT2D eigenvalue weighted by Crippen LogP contribution is -2.39. The van der Waals surface area contributed by atoms with Crippen LogP contribution in [-0.2, 0) is 11.2 Å². The summed E-state index contributed by atoms with van der Waals surface area (Å²) in [6, 6.07) is 14.5. The van der Waals surface area contributed by atoms with Gasteiger partial charge in [-0.2, -0.15) is 0 Å². The number of rotatable bonds is 7. The third-order valence-corrected chi connectivity index (χ3v) is 4.37. The fourth-order valence-corrected chi connectivity index (χ4v) is 3.06. The molecule has 0 bridgehead atoms. The molecule has 2 aromatic carbocycles. The number of ether oxygens (including phenoxy) is 1. The summed E-state index contributed by atoms with van der Waals surface area (Å²) in [6.07, 6.45) is 1.13. The Bertz CT molecular complexity index is 800. The van der Waals surface area contributed by atoms with Crippen LogP contribution >= 0.6 is 12.4 Å². The van der Waals surface area contributed by atoms with E-state index in [-0.39, 0.29) is 48.8 Å². The minimum absolute atomic E-state index is 0. The maximum Gasteiger partial charge on any atom is 0.310 e. The van der Waals surface area contributed by atoms with Gasteiger partial charge in [0.1, 0.15) is 0 Å². The maximum atomic E-state index is 12.1. The van der Waals surface area contributed by atoms with Crippen LogP contribution < -0.4 is 15.4 Å². The number of halogens is 1. The molecule has 27 heavy (non-hydrogen) atoms. The van der Waals surface area contributed by atoms with Crippen molar-refractivity contribution in [3.8, 4) is 5.75 Å². The van der Waals surface area contributed by atoms with Gasteiger partial charge in [-0.25, -0.2) is 0 Å². The summed E-state index contributed by atoms with van der Waals surface area (Å²) >= 11 is 0. The topological polar surface area (TPSA) is 93.5 Å². The lowest BCUT2D eigenvalue weighted by Gasteiger charge is -2.27. The Hall–Kier alpha value is -2.64. The van der Waals surface area contributed by atoms with Gasteiger partial charge in [0, 0.05) is 18.7 Å². The first-order valence-electron chi connectivity index (χ1n) is 8.59. The number of nitrogens with one attached hydrogen (secondary N) is 2. The number of para-hydroxylation sites is 2. The van der Waals surface area contributed by atoms with Crippen molar-refractivity contribution in [2.75, 3.05) is 19.7 Å². The molecule has 144 valence electrons. The molecule has 1 amide bonds. The van der Waals surface area contributed by atoms with Crippen molar-refractivity contribution in [1.29, 1.82) is 0 Å². The number of nitro benzene ring substituents is 1. The highest BCUT2D eigenvalue weighted by Crippen LogP contribution is 2.26. The van der Waals surface area contributed by atoms with Crippen molar-refractivity contribution in [2.45, 2.75) is 18.9 Å². The number of fused-ring (bicyclic) bond motifs is 1. The van der Waals surface area contributed by atoms with Crippen LogP contribution in [0, 0.1) is 10.1 Å². The van der Waals surface area contributed by atoms with E-state index in [1.54, 1.807) is 12.1 Å². The quantitative estimate of drug-likeness (QED) is 0.559. The van der Waals surface area contributed by atoms with E-state index < -0.39 is 4.92 Å². The van der Waals surface area contributed by atoms with Crippen LogP contribution in [0.4, 0.5) is 5.69 Å². The third kappa shape index (κ3) is 5.42. The van der Waals surface area contributed by atoms with E-state index in [0.717, 1.165) is 13.0 Å². The van der Waals surface area contributed by atoms with Crippen LogP contribution in [0.2, 0.25) is 0 Å². The molecule has 0 aliphatic carbocycles. The zero-order chi connectivity index (χ0) is 18.4. The number of hydrogen-bond acceptors (Lipinski definition) is 5. The van der Waals surface area contributed by atoms with Crippen molar-refractivity contribution in [3.63, 3.8) is 0 Å². The fourth-order valence-electron chi connectivity index (χ4n) is 3.06. The number of nitrogens with zero attached hydrogens (tertiary/aromatic N) is 1. The van der Waals surface area contributed by atoms with E-state index in [1.807, 2.05) is 12.1 Å². The van der Waals surface area contributed by atoms with Crippen molar-refractivity contribution >= 4 is 24.0 Å². The first kappa shape index (κ1) is 20.7. The van der Waals surface area contributed by atoms with Crippen LogP contribution in [0.5, 0.6) is 5.75 Å². The highest BCUT2D eigenvalue weighted by atomic mass is 35.5. The Morgan fingerprint density at radius 1 is 1.22 bits per heavy atom. The monoisotopic (exact) mass is 391 g/mol. The van der Waals surface area contributed by atoms with Gasteiger partial charge >= 0.3 is 5.69 Å². The minimum atomic E-state index is -0.498. The van der Waals surface area contributed by atoms with Crippen LogP contribution in [0.15, 0.2) is 48.5 Å². The highest BCUT2D eigenvalue weighted by Gasteiger charge is 2.19. The van der Waals surface area contributed by atoms with Gasteiger partial charge in [-0.15, -0.1) is 12.4 Å². The number of carbonyl (C=O) groups excluding carboxylic acids is 1. The second kappa shape index (κ2) is 9.89. The molecule has 0 radical (unpaired) electrons. The number of hydrogen-bond donors (Lipinski definition) is 2. The van der Waals surface area contributed by atoms with Gasteiger partial charge in [0.15, 0.2) is 5.75 Å². The molecular weight excluding hydrogens is 370 g/mol. The number of amides is 1. The molecule has 2 N–H and O–H groups in total. The number of carbonyl (C=O) groups is 1. The first-order valence-corrected chi connectivity index (χ1v) is 8.59. The van der Waals surface area contributed by atoms with Crippen molar-refractivity contribution in [1.82, 2.24) is 10.6 Å². The minimum Gasteiger partial charge on any atom is -0.486 e. The molecule has 3 rings (SSSR count). The van der Waals surface area contributed by atoms with Gasteiger partial charge in [-0.05, 0) is 30.2 Å². The average Bonchev–Trinajstić information content (AvgIpc) is 2.66. The molecule has 1 aliphatic rings. The predicted octanol–water partition coefficient (Wildman–Crippen LogP) is 2.79. The van der Waals surface area contributed by atoms with Crippen LogP contribution in [0.1, 0.15) is 23.6 Å². The van der Waals surface area contributed by atoms with Gasteiger partial charge in [0.05, 0.1) is 18.0 Å². The summed E-state index contributed by atoms with van der Waals surface area (Å²) in [5.74, 6) is 0.0293. The van der Waals surface area contributed by atoms with Crippen molar-refractivity contribution in [2.24, 2.45) is 0 Å². The molecule has 0 fully saturated rings. The van der Waals surface area contributed by atoms with Crippen LogP contribution in [0.25, 0.3) is 0 Å². The Kier molecular flexibility index (Phi) is 7.57. The zero-order valence-electron chi connectivity index (χ0n) is 14.7. The second-order valence-corrected chi connectivity index (χ2v) is 6.08. The van der Waals surface area contributed by atoms with E-state index in [2.05, 4.69) is 22.8 Å². The largest absolute Gasteiger partial charge is 0.486 e. The first-order chi connectivity index (χ1) is 12.6. The zero-order valence-corrected chi connectivity index (χ0v) is 15.5. The normalized spacial score (nSPS) is 15.2. The maximum absolute atomic E-state index is 12.1. The molecular formula is C19H22ClN3O4. The number of nitro groups is 1. The van der Waals surface area contributed by atoms with E-state index in [9.17, 15) is 14.9 Å². The summed E-state index contributed by atoms with van der Waals surface area (Å²) in [6.45, 7) is 1.48. The Morgan fingerprint density at radius 2 is 1.96 bits per heavy atom. The summed E-state index contributed by atoms with van der Waals surface area (Å²) < 4.78 is 5.40. The van der Waals surface area contributed by atoms with Crippen molar-refractivity contribution in [3.05, 3.63) is 69.8 Å². The summed E-state index contributed by atoms with van der Waals surface area (Å²) in [7, 11) is 0. The Balaban J connectivity index is 0.00000261. The van der Waals surface area contributed by atoms with E-state index in [1.165, 1.54) is 23.3 Å². The Morgan fingerprint density at radius 3 is 2.78 bits per heavy atom. The lowest BCUT2D eigenvalue weighted by molar-refractivity contribution is -0.385. The molecule has 0 saturated heterocycles. The molecule has 1 heterocycles. The highest BCUT2D eigenvalue weighted by molar-refractivity contribution is 5.85. The van der Waals surface area contributed by atoms with Gasteiger partial charge in [-0.1, -0.05) is 36.4 Å². The fraction of sp³-hybridized carbons (Fsp3) is 0.316. The summed E-state index contributed by atoms with van der Waals surface area (Å²) in [4.78, 5) is 22.5. The molecule has 0 spiro atoms. The lowest BCUT2D eigenvalue weighted by atomic mass is 9.94. The smallest absolute Gasteiger partial charge is 0.310 e. The van der Waals surface area contributed by atoms with Crippen LogP contribution in [-0.4, -0.2) is 30.5 Å². The molecule has 1 aliphatic heterocycles. The molecule has 8 heteroatoms. The SMILES string of the molecule is Cl.O=C(CCOc1ccccc1[N+](=O)[O-])NCC1NCCc2ccccc21.